The minimum absolute atomic E-state index is 0.0134. The van der Waals surface area contributed by atoms with Crippen LogP contribution in [-0.2, 0) is 14.8 Å². The van der Waals surface area contributed by atoms with Crippen LogP contribution in [0.1, 0.15) is 32.1 Å². The number of piperidine rings is 1. The lowest BCUT2D eigenvalue weighted by Crippen LogP contribution is -2.52. The number of hydrogen-bond acceptors (Lipinski definition) is 4. The van der Waals surface area contributed by atoms with Crippen molar-refractivity contribution in [3.05, 3.63) is 21.6 Å². The van der Waals surface area contributed by atoms with Gasteiger partial charge >= 0.3 is 0 Å². The van der Waals surface area contributed by atoms with Gasteiger partial charge in [0.2, 0.25) is 15.9 Å². The lowest BCUT2D eigenvalue weighted by molar-refractivity contribution is -0.135. The van der Waals surface area contributed by atoms with Crippen LogP contribution in [0.15, 0.2) is 21.5 Å². The average molecular weight is 466 g/mol. The number of halogens is 2. The van der Waals surface area contributed by atoms with Crippen molar-refractivity contribution >= 4 is 43.5 Å². The Hall–Kier alpha value is -0.830. The number of sulfonamides is 1. The van der Waals surface area contributed by atoms with Gasteiger partial charge in [-0.05, 0) is 53.7 Å². The summed E-state index contributed by atoms with van der Waals surface area (Å²) in [5.41, 5.74) is 0. The van der Waals surface area contributed by atoms with Crippen molar-refractivity contribution in [3.8, 4) is 5.75 Å². The molecule has 6 nitrogen and oxygen atoms in total. The van der Waals surface area contributed by atoms with E-state index in [-0.39, 0.29) is 21.6 Å². The van der Waals surface area contributed by atoms with E-state index in [1.54, 1.807) is 11.0 Å². The molecule has 2 heterocycles. The topological polar surface area (TPSA) is 66.9 Å². The first-order chi connectivity index (χ1) is 12.4. The first-order valence-corrected chi connectivity index (χ1v) is 11.3. The van der Waals surface area contributed by atoms with Gasteiger partial charge in [0.05, 0.1) is 11.6 Å². The van der Waals surface area contributed by atoms with E-state index in [2.05, 4.69) is 15.9 Å². The molecule has 0 radical (unpaired) electrons. The maximum absolute atomic E-state index is 13.4. The van der Waals surface area contributed by atoms with Crippen LogP contribution in [0.5, 0.6) is 5.75 Å². The summed E-state index contributed by atoms with van der Waals surface area (Å²) in [5, 5.41) is 0.288. The monoisotopic (exact) mass is 464 g/mol. The molecule has 1 aromatic rings. The fourth-order valence-corrected chi connectivity index (χ4v) is 6.66. The highest BCUT2D eigenvalue weighted by Gasteiger charge is 2.41. The van der Waals surface area contributed by atoms with E-state index in [0.29, 0.717) is 30.5 Å². The van der Waals surface area contributed by atoms with Crippen molar-refractivity contribution in [2.45, 2.75) is 43.0 Å². The molecule has 1 amide bonds. The molecule has 0 N–H and O–H groups in total. The van der Waals surface area contributed by atoms with E-state index in [1.807, 2.05) is 0 Å². The van der Waals surface area contributed by atoms with Crippen molar-refractivity contribution in [2.75, 3.05) is 26.7 Å². The second-order valence-corrected chi connectivity index (χ2v) is 9.73. The van der Waals surface area contributed by atoms with Crippen LogP contribution in [0.2, 0.25) is 5.02 Å². The zero-order valence-electron chi connectivity index (χ0n) is 14.6. The summed E-state index contributed by atoms with van der Waals surface area (Å²) < 4.78 is 33.9. The number of likely N-dealkylation sites (tertiary alicyclic amines) is 1. The van der Waals surface area contributed by atoms with Crippen LogP contribution in [0.4, 0.5) is 0 Å². The van der Waals surface area contributed by atoms with Crippen LogP contribution in [-0.4, -0.2) is 56.3 Å². The molecule has 0 spiro atoms. The second-order valence-electron chi connectivity index (χ2n) is 6.58. The standard InChI is InChI=1S/C17H22BrClN2O4S/c1-25-16-13(18)10-12(19)11-15(16)26(23,24)21-9-3-2-6-14(21)17(22)20-7-4-5-8-20/h10-11,14H,2-9H2,1H3. The van der Waals surface area contributed by atoms with Gasteiger partial charge in [0.1, 0.15) is 10.9 Å². The van der Waals surface area contributed by atoms with Gasteiger partial charge in [0.25, 0.3) is 0 Å². The van der Waals surface area contributed by atoms with E-state index in [0.717, 1.165) is 25.7 Å². The summed E-state index contributed by atoms with van der Waals surface area (Å²) in [6.45, 7) is 1.73. The highest BCUT2D eigenvalue weighted by Crippen LogP contribution is 2.38. The lowest BCUT2D eigenvalue weighted by Gasteiger charge is -2.36. The Kier molecular flexibility index (Phi) is 6.16. The van der Waals surface area contributed by atoms with Crippen LogP contribution < -0.4 is 4.74 Å². The minimum atomic E-state index is -3.93. The van der Waals surface area contributed by atoms with Crippen LogP contribution >= 0.6 is 27.5 Å². The summed E-state index contributed by atoms with van der Waals surface area (Å²) in [6, 6.07) is 2.31. The molecule has 9 heteroatoms. The summed E-state index contributed by atoms with van der Waals surface area (Å²) in [4.78, 5) is 14.7. The van der Waals surface area contributed by atoms with Crippen molar-refractivity contribution in [1.29, 1.82) is 0 Å². The number of benzene rings is 1. The van der Waals surface area contributed by atoms with Crippen molar-refractivity contribution in [3.63, 3.8) is 0 Å². The lowest BCUT2D eigenvalue weighted by atomic mass is 10.0. The normalized spacial score (nSPS) is 21.8. The highest BCUT2D eigenvalue weighted by molar-refractivity contribution is 9.10. The van der Waals surface area contributed by atoms with Gasteiger partial charge in [-0.25, -0.2) is 8.42 Å². The first kappa shape index (κ1) is 19.9. The fourth-order valence-electron chi connectivity index (χ4n) is 3.64. The van der Waals surface area contributed by atoms with E-state index in [1.165, 1.54) is 17.5 Å². The molecular weight excluding hydrogens is 444 g/mol. The number of rotatable bonds is 4. The molecule has 2 saturated heterocycles. The molecule has 0 aromatic heterocycles. The minimum Gasteiger partial charge on any atom is -0.494 e. The van der Waals surface area contributed by atoms with Gasteiger partial charge in [-0.15, -0.1) is 0 Å². The van der Waals surface area contributed by atoms with Gasteiger partial charge in [0, 0.05) is 24.7 Å². The number of hydrogen-bond donors (Lipinski definition) is 0. The Morgan fingerprint density at radius 1 is 1.19 bits per heavy atom. The Morgan fingerprint density at radius 2 is 1.85 bits per heavy atom. The quantitative estimate of drug-likeness (QED) is 0.684. The zero-order chi connectivity index (χ0) is 18.9. The summed E-state index contributed by atoms with van der Waals surface area (Å²) in [7, 11) is -2.51. The summed E-state index contributed by atoms with van der Waals surface area (Å²) in [6.07, 6.45) is 4.05. The predicted molar refractivity (Wildman–Crippen MR) is 103 cm³/mol. The molecular formula is C17H22BrClN2O4S. The van der Waals surface area contributed by atoms with E-state index in [4.69, 9.17) is 16.3 Å². The van der Waals surface area contributed by atoms with Crippen molar-refractivity contribution < 1.29 is 17.9 Å². The fraction of sp³-hybridized carbons (Fsp3) is 0.588. The Balaban J connectivity index is 2.00. The van der Waals surface area contributed by atoms with Crippen molar-refractivity contribution in [1.82, 2.24) is 9.21 Å². The van der Waals surface area contributed by atoms with Crippen LogP contribution in [0, 0.1) is 0 Å². The van der Waals surface area contributed by atoms with Crippen LogP contribution in [0.25, 0.3) is 0 Å². The largest absolute Gasteiger partial charge is 0.494 e. The third-order valence-corrected chi connectivity index (χ3v) is 7.64. The Morgan fingerprint density at radius 3 is 2.50 bits per heavy atom. The number of carbonyl (C=O) groups excluding carboxylic acids is 1. The number of carbonyl (C=O) groups is 1. The number of ether oxygens (including phenoxy) is 1. The van der Waals surface area contributed by atoms with Gasteiger partial charge in [-0.1, -0.05) is 18.0 Å². The maximum atomic E-state index is 13.4. The van der Waals surface area contributed by atoms with E-state index >= 15 is 0 Å². The predicted octanol–water partition coefficient (Wildman–Crippen LogP) is 3.28. The molecule has 26 heavy (non-hydrogen) atoms. The van der Waals surface area contributed by atoms with Gasteiger partial charge in [-0.3, -0.25) is 4.79 Å². The molecule has 3 rings (SSSR count). The molecule has 1 unspecified atom stereocenters. The van der Waals surface area contributed by atoms with E-state index in [9.17, 15) is 13.2 Å². The molecule has 0 bridgehead atoms. The third kappa shape index (κ3) is 3.74. The van der Waals surface area contributed by atoms with Gasteiger partial charge < -0.3 is 9.64 Å². The molecule has 1 aromatic carbocycles. The Labute approximate surface area is 167 Å². The number of methoxy groups -OCH3 is 1. The van der Waals surface area contributed by atoms with Gasteiger partial charge in [-0.2, -0.15) is 4.31 Å². The summed E-state index contributed by atoms with van der Waals surface area (Å²) in [5.74, 6) is 0.109. The zero-order valence-corrected chi connectivity index (χ0v) is 17.7. The first-order valence-electron chi connectivity index (χ1n) is 8.70. The molecule has 2 fully saturated rings. The molecule has 2 aliphatic heterocycles. The number of amides is 1. The van der Waals surface area contributed by atoms with Gasteiger partial charge in [0.15, 0.2) is 5.75 Å². The smallest absolute Gasteiger partial charge is 0.247 e. The molecule has 2 aliphatic rings. The van der Waals surface area contributed by atoms with Crippen molar-refractivity contribution in [2.24, 2.45) is 0 Å². The molecule has 0 aliphatic carbocycles. The highest BCUT2D eigenvalue weighted by atomic mass is 79.9. The average Bonchev–Trinajstić information content (AvgIpc) is 3.15. The summed E-state index contributed by atoms with van der Waals surface area (Å²) >= 11 is 9.39. The molecule has 0 saturated carbocycles. The molecule has 144 valence electrons. The number of nitrogens with zero attached hydrogens (tertiary/aromatic N) is 2. The Bertz CT molecular complexity index is 796. The third-order valence-electron chi connectivity index (χ3n) is 4.92. The molecule has 1 atom stereocenters. The SMILES string of the molecule is COc1c(Br)cc(Cl)cc1S(=O)(=O)N1CCCCC1C(=O)N1CCCC1. The second kappa shape index (κ2) is 8.04. The van der Waals surface area contributed by atoms with Crippen LogP contribution in [0.3, 0.4) is 0 Å². The maximum Gasteiger partial charge on any atom is 0.247 e. The van der Waals surface area contributed by atoms with E-state index < -0.39 is 16.1 Å².